The molecule has 35 heavy (non-hydrogen) atoms. The van der Waals surface area contributed by atoms with E-state index in [9.17, 15) is 24.3 Å². The molecule has 0 aliphatic carbocycles. The number of nitrogens with two attached hydrogens (primary N) is 1. The Morgan fingerprint density at radius 2 is 1.43 bits per heavy atom. The van der Waals surface area contributed by atoms with Gasteiger partial charge in [-0.3, -0.25) is 19.2 Å². The predicted molar refractivity (Wildman–Crippen MR) is 130 cm³/mol. The van der Waals surface area contributed by atoms with Crippen LogP contribution in [0.3, 0.4) is 0 Å². The van der Waals surface area contributed by atoms with Gasteiger partial charge in [0.05, 0.1) is 6.61 Å². The molecule has 0 bridgehead atoms. The minimum absolute atomic E-state index is 0.0196. The molecule has 1 aromatic carbocycles. The van der Waals surface area contributed by atoms with Gasteiger partial charge in [0.1, 0.15) is 6.04 Å². The van der Waals surface area contributed by atoms with Crippen LogP contribution in [0.1, 0.15) is 90.5 Å². The number of unbranched alkanes of at least 4 members (excludes halogenated alkanes) is 2. The third-order valence-electron chi connectivity index (χ3n) is 5.52. The summed E-state index contributed by atoms with van der Waals surface area (Å²) in [5.74, 6) is -3.67. The SMILES string of the molecule is CCCCC(=O)Oc1ccc(C(C(C)COC(=O)CCC)[C@H](N)C(=O)O)cc1OC(=O)CCCC. The highest BCUT2D eigenvalue weighted by atomic mass is 16.6. The van der Waals surface area contributed by atoms with Crippen molar-refractivity contribution >= 4 is 23.9 Å². The van der Waals surface area contributed by atoms with Crippen molar-refractivity contribution in [3.8, 4) is 11.5 Å². The maximum absolute atomic E-state index is 12.3. The summed E-state index contributed by atoms with van der Waals surface area (Å²) in [6, 6.07) is 3.23. The van der Waals surface area contributed by atoms with E-state index < -0.39 is 35.8 Å². The lowest BCUT2D eigenvalue weighted by atomic mass is 9.82. The number of hydrogen-bond acceptors (Lipinski definition) is 8. The van der Waals surface area contributed by atoms with E-state index in [1.807, 2.05) is 20.8 Å². The van der Waals surface area contributed by atoms with E-state index in [2.05, 4.69) is 0 Å². The molecule has 0 heterocycles. The molecule has 0 fully saturated rings. The summed E-state index contributed by atoms with van der Waals surface area (Å²) >= 11 is 0. The van der Waals surface area contributed by atoms with Crippen molar-refractivity contribution in [1.82, 2.24) is 0 Å². The highest BCUT2D eigenvalue weighted by Gasteiger charge is 2.32. The van der Waals surface area contributed by atoms with Gasteiger partial charge in [-0.15, -0.1) is 0 Å². The molecule has 0 spiro atoms. The topological polar surface area (TPSA) is 142 Å². The molecule has 3 N–H and O–H groups in total. The zero-order chi connectivity index (χ0) is 26.4. The summed E-state index contributed by atoms with van der Waals surface area (Å²) in [5, 5.41) is 9.60. The molecular weight excluding hydrogens is 454 g/mol. The number of esters is 3. The minimum atomic E-state index is -1.31. The lowest BCUT2D eigenvalue weighted by molar-refractivity contribution is -0.145. The summed E-state index contributed by atoms with van der Waals surface area (Å²) in [4.78, 5) is 48.1. The van der Waals surface area contributed by atoms with Gasteiger partial charge in [-0.2, -0.15) is 0 Å². The van der Waals surface area contributed by atoms with Crippen LogP contribution in [0.25, 0.3) is 0 Å². The quantitative estimate of drug-likeness (QED) is 0.254. The number of benzene rings is 1. The first-order valence-corrected chi connectivity index (χ1v) is 12.3. The number of aliphatic carboxylic acids is 1. The van der Waals surface area contributed by atoms with E-state index in [1.54, 1.807) is 13.0 Å². The monoisotopic (exact) mass is 493 g/mol. The van der Waals surface area contributed by atoms with Crippen LogP contribution in [-0.2, 0) is 23.9 Å². The highest BCUT2D eigenvalue weighted by molar-refractivity contribution is 5.77. The molecule has 0 radical (unpaired) electrons. The van der Waals surface area contributed by atoms with Gasteiger partial charge in [-0.05, 0) is 42.9 Å². The van der Waals surface area contributed by atoms with Crippen LogP contribution >= 0.6 is 0 Å². The van der Waals surface area contributed by atoms with Gasteiger partial charge in [-0.1, -0.05) is 46.6 Å². The molecule has 0 amide bonds. The minimum Gasteiger partial charge on any atom is -0.480 e. The van der Waals surface area contributed by atoms with Crippen LogP contribution in [0.4, 0.5) is 0 Å². The van der Waals surface area contributed by atoms with Crippen molar-refractivity contribution in [3.05, 3.63) is 23.8 Å². The first kappa shape index (κ1) is 30.1. The van der Waals surface area contributed by atoms with E-state index in [0.29, 0.717) is 24.8 Å². The summed E-state index contributed by atoms with van der Waals surface area (Å²) in [6.07, 6.45) is 4.22. The van der Waals surface area contributed by atoms with E-state index >= 15 is 0 Å². The van der Waals surface area contributed by atoms with Crippen LogP contribution in [-0.4, -0.2) is 41.6 Å². The van der Waals surface area contributed by atoms with E-state index in [-0.39, 0.29) is 43.3 Å². The van der Waals surface area contributed by atoms with Crippen molar-refractivity contribution < 1.29 is 38.5 Å². The van der Waals surface area contributed by atoms with Crippen LogP contribution in [0.15, 0.2) is 18.2 Å². The Morgan fingerprint density at radius 1 is 0.857 bits per heavy atom. The molecule has 0 aromatic heterocycles. The number of carboxylic acids is 1. The van der Waals surface area contributed by atoms with Crippen molar-refractivity contribution in [1.29, 1.82) is 0 Å². The predicted octanol–water partition coefficient (Wildman–Crippen LogP) is 4.35. The Bertz CT molecular complexity index is 854. The smallest absolute Gasteiger partial charge is 0.321 e. The molecule has 1 rings (SSSR count). The van der Waals surface area contributed by atoms with Crippen LogP contribution in [0.5, 0.6) is 11.5 Å². The average molecular weight is 494 g/mol. The molecular formula is C26H39NO8. The maximum Gasteiger partial charge on any atom is 0.321 e. The standard InChI is InChI=1S/C26H39NO8/c1-5-8-11-22(29)34-19-14-13-18(15-20(19)35-23(30)12-9-6-2)24(25(27)26(31)32)17(4)16-33-21(28)10-7-3/h13-15,17,24-25H,5-12,16,27H2,1-4H3,(H,31,32)/t17?,24?,25-/m0/s1. The largest absolute Gasteiger partial charge is 0.480 e. The Morgan fingerprint density at radius 3 is 1.94 bits per heavy atom. The summed E-state index contributed by atoms with van der Waals surface area (Å²) in [7, 11) is 0. The molecule has 3 atom stereocenters. The summed E-state index contributed by atoms with van der Waals surface area (Å²) < 4.78 is 16.2. The van der Waals surface area contributed by atoms with E-state index in [0.717, 1.165) is 12.8 Å². The third-order valence-corrected chi connectivity index (χ3v) is 5.52. The molecule has 0 saturated heterocycles. The highest BCUT2D eigenvalue weighted by Crippen LogP contribution is 2.36. The first-order valence-electron chi connectivity index (χ1n) is 12.3. The van der Waals surface area contributed by atoms with Crippen LogP contribution in [0.2, 0.25) is 0 Å². The van der Waals surface area contributed by atoms with Gasteiger partial charge in [0.25, 0.3) is 0 Å². The molecule has 0 saturated carbocycles. The zero-order valence-electron chi connectivity index (χ0n) is 21.2. The summed E-state index contributed by atoms with van der Waals surface area (Å²) in [5.41, 5.74) is 6.48. The Hall–Kier alpha value is -2.94. The second-order valence-electron chi connectivity index (χ2n) is 8.66. The van der Waals surface area contributed by atoms with Crippen molar-refractivity contribution in [3.63, 3.8) is 0 Å². The molecule has 196 valence electrons. The number of ether oxygens (including phenoxy) is 3. The fourth-order valence-corrected chi connectivity index (χ4v) is 3.53. The third kappa shape index (κ3) is 10.5. The van der Waals surface area contributed by atoms with E-state index in [1.165, 1.54) is 12.1 Å². The number of carboxylic acid groups (broad SMARTS) is 1. The van der Waals surface area contributed by atoms with Gasteiger partial charge in [0, 0.05) is 25.2 Å². The first-order chi connectivity index (χ1) is 16.6. The molecule has 9 nitrogen and oxygen atoms in total. The number of carbonyl (C=O) groups is 4. The van der Waals surface area contributed by atoms with Gasteiger partial charge < -0.3 is 25.1 Å². The maximum atomic E-state index is 12.3. The number of carbonyl (C=O) groups excluding carboxylic acids is 3. The van der Waals surface area contributed by atoms with Crippen LogP contribution < -0.4 is 15.2 Å². The van der Waals surface area contributed by atoms with Crippen LogP contribution in [0, 0.1) is 5.92 Å². The molecule has 0 aliphatic heterocycles. The number of hydrogen-bond donors (Lipinski definition) is 2. The van der Waals surface area contributed by atoms with Gasteiger partial charge in [0.15, 0.2) is 11.5 Å². The summed E-state index contributed by atoms with van der Waals surface area (Å²) in [6.45, 7) is 7.47. The fourth-order valence-electron chi connectivity index (χ4n) is 3.53. The molecule has 9 heteroatoms. The molecule has 0 aliphatic rings. The fraction of sp³-hybridized carbons (Fsp3) is 0.615. The Labute approximate surface area is 207 Å². The number of rotatable bonds is 16. The van der Waals surface area contributed by atoms with Crippen molar-refractivity contribution in [2.75, 3.05) is 6.61 Å². The second kappa shape index (κ2) is 15.9. The normalized spacial score (nSPS) is 13.4. The average Bonchev–Trinajstić information content (AvgIpc) is 2.81. The Balaban J connectivity index is 3.30. The lowest BCUT2D eigenvalue weighted by Gasteiger charge is -2.28. The Kier molecular flexibility index (Phi) is 13.6. The zero-order valence-corrected chi connectivity index (χ0v) is 21.2. The van der Waals surface area contributed by atoms with E-state index in [4.69, 9.17) is 19.9 Å². The van der Waals surface area contributed by atoms with Gasteiger partial charge in [-0.25, -0.2) is 0 Å². The van der Waals surface area contributed by atoms with Crippen molar-refractivity contribution in [2.24, 2.45) is 11.7 Å². The second-order valence-corrected chi connectivity index (χ2v) is 8.66. The lowest BCUT2D eigenvalue weighted by Crippen LogP contribution is -2.40. The molecule has 2 unspecified atom stereocenters. The molecule has 1 aromatic rings. The van der Waals surface area contributed by atoms with Gasteiger partial charge >= 0.3 is 23.9 Å². The van der Waals surface area contributed by atoms with Crippen molar-refractivity contribution in [2.45, 2.75) is 91.0 Å². The van der Waals surface area contributed by atoms with Gasteiger partial charge in [0.2, 0.25) is 0 Å².